The van der Waals surface area contributed by atoms with Crippen LogP contribution in [-0.4, -0.2) is 150 Å². The quantitative estimate of drug-likeness (QED) is 0.0206. The van der Waals surface area contributed by atoms with Gasteiger partial charge in [-0.3, -0.25) is 9.59 Å². The number of hydrogen-bond acceptors (Lipinski definition) is 20. The molecule has 16 nitrogen and oxygen atoms in total. The third-order valence-corrected chi connectivity index (χ3v) is 20.7. The predicted octanol–water partition coefficient (Wildman–Crippen LogP) is 14.5. The number of carbonyl (C=O) groups excluding carboxylic acids is 4. The number of Topliss-reactive ketones (excluding diaryl/α,β-unsaturated/α-hetero) is 1. The molecule has 3 unspecified atom stereocenters. The van der Waals surface area contributed by atoms with Crippen molar-refractivity contribution in [2.45, 2.75) is 97.8 Å². The molecule has 2 radical (unpaired) electrons. The second-order valence-electron chi connectivity index (χ2n) is 19.8. The van der Waals surface area contributed by atoms with Crippen LogP contribution < -0.4 is 33.5 Å². The van der Waals surface area contributed by atoms with Crippen LogP contribution in [-0.2, 0) is 98.8 Å². The van der Waals surface area contributed by atoms with Crippen LogP contribution in [0.2, 0.25) is 0 Å². The van der Waals surface area contributed by atoms with E-state index in [9.17, 15) is 19.2 Å². The van der Waals surface area contributed by atoms with Gasteiger partial charge >= 0.3 is 6.16 Å². The van der Waals surface area contributed by atoms with Gasteiger partial charge in [-0.05, 0) is 166 Å². The molecule has 0 aliphatic carbocycles. The fourth-order valence-corrected chi connectivity index (χ4v) is 16.1. The number of thioether (sulfide) groups is 5. The van der Waals surface area contributed by atoms with Crippen LogP contribution in [0.4, 0.5) is 4.79 Å². The zero-order valence-electron chi connectivity index (χ0n) is 56.5. The van der Waals surface area contributed by atoms with Crippen molar-refractivity contribution in [3.05, 3.63) is 158 Å². The fraction of sp³-hybridized carbons (Fsp3) is 0.486. The van der Waals surface area contributed by atoms with Crippen LogP contribution in [0.1, 0.15) is 103 Å². The number of carboxylic acids is 1. The molecule has 8 heterocycles. The van der Waals surface area contributed by atoms with Crippen LogP contribution in [0.15, 0.2) is 146 Å². The van der Waals surface area contributed by atoms with E-state index in [2.05, 4.69) is 163 Å². The molecule has 0 amide bonds. The Kier molecular flexibility index (Phi) is 78.0. The number of hydrogen-bond donors (Lipinski definition) is 4. The topological polar surface area (TPSA) is 279 Å². The smallest absolute Gasteiger partial charge is 0.507 e. The molecule has 7 aliphatic heterocycles. The standard InChI is InChI=1S/C18H15P.C10H17NS.C9H10NS.C6H10OS.C5H7O2.C5H8S.C4H9N.C4H6OS.C3H6O3.2C2H3N.C2H4O2.2H3N.2Y/c1-4-10-16(11-5-1)19(17-12-6-2-7-13-17)18-14-8-3-9-15-18;1-2-6-11(5-1)7-3-10-4-8-12-9-10;1-2-8(6-10-4-1)9-3-5-11-7-9;7-3-1-6-2-4-8-5-6;1-2-7-5-3-4-6;1-5-2-3-6-4-5;1-2-4-5-3-1;5-4-1-2-6-3-4;1-5-3(4)6-2;2*1-2-3;1-2(3)4;;;;/h1-15H;3,7,10H,1-2,4-6,8-9H2;1-2,6,9H,3,5,7H2;3,6H,1-2,4-5H2;3,5H,2H2,1H3;1-4H2;5H,1-4H2;1-3H2;1-2H3;2*1H3;1H3,(H,3,4);2*1H3;;/q;;-1;;-1;;;;;;;;;;;/b;;;;5-3+;;;;;;;;;;;. The fourth-order valence-electron chi connectivity index (χ4n) is 8.12. The van der Waals surface area contributed by atoms with Gasteiger partial charge in [0.25, 0.3) is 5.97 Å². The normalized spacial score (nSPS) is 16.9. The number of nitriles is 2. The van der Waals surface area contributed by atoms with Crippen molar-refractivity contribution in [1.29, 1.82) is 10.5 Å². The van der Waals surface area contributed by atoms with E-state index < -0.39 is 20.0 Å². The summed E-state index contributed by atoms with van der Waals surface area (Å²) >= 11 is 9.81. The van der Waals surface area contributed by atoms with Gasteiger partial charge in [-0.1, -0.05) is 128 Å². The summed E-state index contributed by atoms with van der Waals surface area (Å²) in [6.45, 7) is 15.3. The minimum absolute atomic E-state index is 0. The van der Waals surface area contributed by atoms with Crippen molar-refractivity contribution in [3.8, 4) is 12.1 Å². The summed E-state index contributed by atoms with van der Waals surface area (Å²) in [5, 5.41) is 29.5. The third-order valence-electron chi connectivity index (χ3n) is 12.6. The Morgan fingerprint density at radius 2 is 1.27 bits per heavy atom. The molecule has 94 heavy (non-hydrogen) atoms. The minimum Gasteiger partial charge on any atom is -0.586 e. The molecular weight excluding hydrogens is 1450 g/mol. The van der Waals surface area contributed by atoms with Gasteiger partial charge in [-0.25, -0.2) is 4.79 Å². The molecule has 7 aliphatic rings. The molecule has 1 aromatic heterocycles. The van der Waals surface area contributed by atoms with E-state index in [0.717, 1.165) is 49.4 Å². The Hall–Kier alpha value is -3.37. The maximum Gasteiger partial charge on any atom is 0.507 e. The summed E-state index contributed by atoms with van der Waals surface area (Å²) < 4.78 is 12.7. The van der Waals surface area contributed by atoms with E-state index in [0.29, 0.717) is 18.3 Å². The minimum atomic E-state index is -0.833. The summed E-state index contributed by atoms with van der Waals surface area (Å²) in [4.78, 5) is 54.8. The van der Waals surface area contributed by atoms with E-state index in [1.165, 1.54) is 191 Å². The number of nitrogens with one attached hydrogen (secondary N) is 1. The number of ether oxygens (including phenoxy) is 3. The number of pyridine rings is 1. The van der Waals surface area contributed by atoms with Crippen LogP contribution in [0.5, 0.6) is 0 Å². The van der Waals surface area contributed by atoms with Gasteiger partial charge in [-0.2, -0.15) is 87.5 Å². The van der Waals surface area contributed by atoms with Crippen molar-refractivity contribution in [2.75, 3.05) is 105 Å². The molecule has 0 bridgehead atoms. The second-order valence-corrected chi connectivity index (χ2v) is 27.7. The number of aliphatic carboxylic acids is 1. The maximum atomic E-state index is 10.2. The summed E-state index contributed by atoms with van der Waals surface area (Å²) in [7, 11) is 2.07. The summed E-state index contributed by atoms with van der Waals surface area (Å²) in [6, 6.07) is 39.9. The predicted molar refractivity (Wildman–Crippen MR) is 396 cm³/mol. The Labute approximate surface area is 637 Å². The van der Waals surface area contributed by atoms with Gasteiger partial charge in [0.2, 0.25) is 0 Å². The van der Waals surface area contributed by atoms with Crippen LogP contribution >= 0.6 is 66.7 Å². The Morgan fingerprint density at radius 1 is 0.766 bits per heavy atom. The van der Waals surface area contributed by atoms with Gasteiger partial charge in [0.15, 0.2) is 0 Å². The number of likely N-dealkylation sites (tertiary alicyclic amines) is 1. The Bertz CT molecular complexity index is 2380. The van der Waals surface area contributed by atoms with E-state index in [1.54, 1.807) is 30.2 Å². The van der Waals surface area contributed by atoms with Gasteiger partial charge in [0.05, 0.1) is 38.7 Å². The first kappa shape index (κ1) is 99.3. The zero-order chi connectivity index (χ0) is 66.3. The molecular formula is C70H104N7O9PS5Y2-2. The Balaban J connectivity index is -0.000000318. The molecule has 11 rings (SSSR count). The van der Waals surface area contributed by atoms with Gasteiger partial charge in [-0.15, -0.1) is 5.56 Å². The molecule has 7 saturated heterocycles. The molecule has 8 N–H and O–H groups in total. The number of aldehydes is 1. The number of methoxy groups -OCH3 is 2. The van der Waals surface area contributed by atoms with Crippen molar-refractivity contribution < 1.29 is 109 Å². The second kappa shape index (κ2) is 73.9. The van der Waals surface area contributed by atoms with Crippen LogP contribution in [0, 0.1) is 40.7 Å². The molecule has 4 aromatic rings. The third kappa shape index (κ3) is 58.7. The number of carbonyl (C=O) groups is 4. The average molecular weight is 1560 g/mol. The molecule has 0 saturated carbocycles. The van der Waals surface area contributed by atoms with E-state index in [-0.39, 0.29) is 77.7 Å². The molecule has 516 valence electrons. The van der Waals surface area contributed by atoms with E-state index >= 15 is 0 Å². The Morgan fingerprint density at radius 3 is 1.59 bits per heavy atom. The largest absolute Gasteiger partial charge is 0.586 e. The summed E-state index contributed by atoms with van der Waals surface area (Å²) in [5.41, 5.74) is 2.80. The first-order valence-electron chi connectivity index (χ1n) is 30.4. The molecule has 3 atom stereocenters. The van der Waals surface area contributed by atoms with Crippen LogP contribution in [0.25, 0.3) is 0 Å². The van der Waals surface area contributed by atoms with Crippen molar-refractivity contribution >= 4 is 113 Å². The van der Waals surface area contributed by atoms with Gasteiger partial charge in [0.1, 0.15) is 12.1 Å². The van der Waals surface area contributed by atoms with Crippen molar-refractivity contribution in [2.24, 2.45) is 11.8 Å². The number of rotatable bonds is 11. The summed E-state index contributed by atoms with van der Waals surface area (Å²) in [5.74, 6) is 14.0. The summed E-state index contributed by atoms with van der Waals surface area (Å²) in [6.07, 6.45) is 26.3. The van der Waals surface area contributed by atoms with Crippen molar-refractivity contribution in [1.82, 2.24) is 27.5 Å². The zero-order valence-corrected chi connectivity index (χ0v) is 67.1. The molecule has 0 spiro atoms. The number of ketones is 1. The molecule has 3 aromatic carbocycles. The monoisotopic (exact) mass is 1560 g/mol. The molecule has 7 fully saturated rings. The molecule has 24 heteroatoms. The van der Waals surface area contributed by atoms with Gasteiger partial charge in [0, 0.05) is 124 Å². The number of carboxylic acid groups (broad SMARTS) is 1. The van der Waals surface area contributed by atoms with E-state index in [1.807, 2.05) is 54.5 Å². The maximum absolute atomic E-state index is 10.2. The first-order valence-corrected chi connectivity index (χ1v) is 37.5. The van der Waals surface area contributed by atoms with Crippen LogP contribution in [0.3, 0.4) is 0 Å². The first-order chi connectivity index (χ1) is 43.9. The number of benzene rings is 3. The average Bonchev–Trinajstić information content (AvgIpc) is 1.51. The van der Waals surface area contributed by atoms with Gasteiger partial charge < -0.3 is 56.4 Å². The SMILES string of the molecule is C(=CN1CCCC1)C1CCSC1.C1CCNC1.C=C1CCSC1.CC#N.CC#N.CC(=O)O.CCO/C=C/[C-]=O.COC(=O)OC.N.N.O=C1CCSC1.O=CCC1CCSC1.[Y].[Y].[c-]1ccc(C2CCSC2)cn1.c1ccc(P(c2ccccc2)c2ccccc2)cc1. The number of allylic oxidation sites excluding steroid dienone is 2. The van der Waals surface area contributed by atoms with E-state index in [4.69, 9.17) is 20.4 Å². The van der Waals surface area contributed by atoms with Crippen molar-refractivity contribution in [3.63, 3.8) is 0 Å². The number of nitrogens with zero attached hydrogens (tertiary/aromatic N) is 4. The number of aromatic nitrogens is 1.